The van der Waals surface area contributed by atoms with Gasteiger partial charge in [-0.3, -0.25) is 19.2 Å². The molecule has 0 rings (SSSR count). The number of hydrogen-bond donors (Lipinski definition) is 9. The van der Waals surface area contributed by atoms with Gasteiger partial charge in [0.05, 0.1) is 12.8 Å². The third kappa shape index (κ3) is 59.5. The van der Waals surface area contributed by atoms with Crippen molar-refractivity contribution in [2.75, 3.05) is 0 Å². The number of carboxylic acid groups (broad SMARTS) is 5. The lowest BCUT2D eigenvalue weighted by molar-refractivity contribution is -0.170. The van der Waals surface area contributed by atoms with E-state index in [1.165, 1.54) is 0 Å². The van der Waals surface area contributed by atoms with Crippen LogP contribution < -0.4 is 0 Å². The van der Waals surface area contributed by atoms with E-state index in [0.717, 1.165) is 13.8 Å². The molecule has 0 aromatic rings. The lowest BCUT2D eigenvalue weighted by atomic mass is 9.96. The summed E-state index contributed by atoms with van der Waals surface area (Å²) in [6, 6.07) is 0. The monoisotopic (exact) mass is 446 g/mol. The van der Waals surface area contributed by atoms with Gasteiger partial charge in [-0.05, 0) is 0 Å². The van der Waals surface area contributed by atoms with Crippen molar-refractivity contribution < 1.29 is 73.9 Å². The van der Waals surface area contributed by atoms with Crippen molar-refractivity contribution in [2.24, 2.45) is 0 Å². The highest BCUT2D eigenvalue weighted by Gasteiger charge is 2.40. The second-order valence-electron chi connectivity index (χ2n) is 4.03. The Morgan fingerprint density at radius 1 is 0.741 bits per heavy atom. The van der Waals surface area contributed by atoms with Gasteiger partial charge in [0.2, 0.25) is 0 Å². The van der Waals surface area contributed by atoms with Crippen LogP contribution in [0.3, 0.4) is 0 Å². The largest absolute Gasteiger partial charge is 0.481 e. The molecule has 0 heterocycles. The van der Waals surface area contributed by atoms with Crippen LogP contribution >= 0.6 is 20.2 Å². The first kappa shape index (κ1) is 35.8. The highest BCUT2D eigenvalue weighted by atomic mass is 35.5. The molecule has 15 nitrogen and oxygen atoms in total. The minimum Gasteiger partial charge on any atom is -0.481 e. The van der Waals surface area contributed by atoms with Crippen LogP contribution in [0.5, 0.6) is 0 Å². The molecule has 162 valence electrons. The van der Waals surface area contributed by atoms with Crippen molar-refractivity contribution in [3.63, 3.8) is 0 Å². The minimum absolute atomic E-state index is 0. The normalized spacial score (nSPS) is 9.26. The third-order valence-corrected chi connectivity index (χ3v) is 1.29. The second-order valence-corrected chi connectivity index (χ2v) is 5.06. The Morgan fingerprint density at radius 2 is 0.889 bits per heavy atom. The van der Waals surface area contributed by atoms with Crippen molar-refractivity contribution in [2.45, 2.75) is 32.3 Å². The van der Waals surface area contributed by atoms with Gasteiger partial charge >= 0.3 is 25.7 Å². The van der Waals surface area contributed by atoms with Crippen molar-refractivity contribution in [3.05, 3.63) is 0 Å². The van der Waals surface area contributed by atoms with Crippen LogP contribution in [-0.4, -0.2) is 80.8 Å². The summed E-state index contributed by atoms with van der Waals surface area (Å²) in [7, 11) is -4.64. The van der Waals surface area contributed by atoms with Crippen LogP contribution in [0.1, 0.15) is 26.7 Å². The molecule has 17 heteroatoms. The summed E-state index contributed by atoms with van der Waals surface area (Å²) in [4.78, 5) is 70.0. The number of carboxylic acids is 5. The quantitative estimate of drug-likeness (QED) is 0.215. The van der Waals surface area contributed by atoms with E-state index in [4.69, 9.17) is 59.5 Å². The zero-order valence-corrected chi connectivity index (χ0v) is 15.5. The number of halogens is 1. The number of phosphoric acid groups is 1. The SMILES string of the molecule is CC(=O)O.CC(=O)O.Cl.O=C(O)CC(O)(CC(=O)O)C(=O)O.O=P(O)(O)O. The van der Waals surface area contributed by atoms with Crippen molar-refractivity contribution in [1.29, 1.82) is 0 Å². The lowest BCUT2D eigenvalue weighted by Crippen LogP contribution is -2.42. The van der Waals surface area contributed by atoms with Gasteiger partial charge in [0, 0.05) is 13.8 Å². The predicted octanol–water partition coefficient (Wildman–Crippen LogP) is -1.57. The molecule has 0 aromatic heterocycles. The Balaban J connectivity index is -0.0000000953. The Hall–Kier alpha value is -2.29. The van der Waals surface area contributed by atoms with E-state index >= 15 is 0 Å². The van der Waals surface area contributed by atoms with Crippen LogP contribution in [0, 0.1) is 0 Å². The maximum Gasteiger partial charge on any atom is 0.466 e. The fraction of sp³-hybridized carbons (Fsp3) is 0.500. The fourth-order valence-electron chi connectivity index (χ4n) is 0.714. The first-order valence-electron chi connectivity index (χ1n) is 5.81. The number of aliphatic hydroxyl groups is 1. The summed E-state index contributed by atoms with van der Waals surface area (Å²) in [5.74, 6) is -6.69. The Bertz CT molecular complexity index is 494. The Labute approximate surface area is 157 Å². The maximum absolute atomic E-state index is 10.3. The second kappa shape index (κ2) is 17.1. The fourth-order valence-corrected chi connectivity index (χ4v) is 0.714. The van der Waals surface area contributed by atoms with E-state index < -0.39 is 56.1 Å². The van der Waals surface area contributed by atoms with E-state index in [1.54, 1.807) is 0 Å². The minimum atomic E-state index is -4.64. The molecule has 0 aliphatic carbocycles. The van der Waals surface area contributed by atoms with Gasteiger partial charge in [-0.1, -0.05) is 0 Å². The molecule has 0 amide bonds. The summed E-state index contributed by atoms with van der Waals surface area (Å²) in [6.45, 7) is 2.17. The van der Waals surface area contributed by atoms with Crippen LogP contribution in [0.25, 0.3) is 0 Å². The summed E-state index contributed by atoms with van der Waals surface area (Å²) in [5, 5.41) is 48.6. The highest BCUT2D eigenvalue weighted by molar-refractivity contribution is 7.45. The predicted molar refractivity (Wildman–Crippen MR) is 85.2 cm³/mol. The van der Waals surface area contributed by atoms with E-state index in [9.17, 15) is 14.4 Å². The number of aliphatic carboxylic acids is 5. The molecular formula is C10H20ClO15P. The zero-order chi connectivity index (χ0) is 22.3. The highest BCUT2D eigenvalue weighted by Crippen LogP contribution is 2.25. The molecule has 0 unspecified atom stereocenters. The van der Waals surface area contributed by atoms with E-state index in [1.807, 2.05) is 0 Å². The molecule has 0 radical (unpaired) electrons. The van der Waals surface area contributed by atoms with Gasteiger partial charge in [0.1, 0.15) is 0 Å². The lowest BCUT2D eigenvalue weighted by Gasteiger charge is -2.18. The van der Waals surface area contributed by atoms with E-state index in [0.29, 0.717) is 0 Å². The zero-order valence-electron chi connectivity index (χ0n) is 13.7. The van der Waals surface area contributed by atoms with Crippen LogP contribution in [0.2, 0.25) is 0 Å². The van der Waals surface area contributed by atoms with Crippen LogP contribution in [0.15, 0.2) is 0 Å². The molecule has 0 atom stereocenters. The average Bonchev–Trinajstić information content (AvgIpc) is 2.21. The van der Waals surface area contributed by atoms with Gasteiger partial charge in [-0.2, -0.15) is 0 Å². The van der Waals surface area contributed by atoms with E-state index in [-0.39, 0.29) is 12.4 Å². The molecule has 0 aliphatic heterocycles. The summed E-state index contributed by atoms with van der Waals surface area (Å²) in [5.41, 5.74) is -2.74. The smallest absolute Gasteiger partial charge is 0.466 e. The van der Waals surface area contributed by atoms with Gasteiger partial charge in [0.25, 0.3) is 11.9 Å². The number of rotatable bonds is 5. The van der Waals surface area contributed by atoms with Crippen LogP contribution in [-0.2, 0) is 28.5 Å². The molecule has 0 spiro atoms. The third-order valence-electron chi connectivity index (χ3n) is 1.29. The van der Waals surface area contributed by atoms with Gasteiger partial charge < -0.3 is 45.3 Å². The summed E-state index contributed by atoms with van der Waals surface area (Å²) >= 11 is 0. The molecular weight excluding hydrogens is 427 g/mol. The molecule has 0 saturated carbocycles. The number of carbonyl (C=O) groups is 5. The summed E-state index contributed by atoms with van der Waals surface area (Å²) < 4.78 is 8.88. The molecule has 0 aliphatic rings. The average molecular weight is 447 g/mol. The molecule has 27 heavy (non-hydrogen) atoms. The van der Waals surface area contributed by atoms with Gasteiger partial charge in [-0.25, -0.2) is 9.36 Å². The van der Waals surface area contributed by atoms with Gasteiger partial charge in [-0.15, -0.1) is 12.4 Å². The molecule has 0 fully saturated rings. The molecule has 0 saturated heterocycles. The molecule has 0 bridgehead atoms. The van der Waals surface area contributed by atoms with E-state index in [2.05, 4.69) is 0 Å². The topological polar surface area (TPSA) is 284 Å². The van der Waals surface area contributed by atoms with Crippen LogP contribution in [0.4, 0.5) is 0 Å². The maximum atomic E-state index is 10.3. The Kier molecular flexibility index (Phi) is 22.7. The van der Waals surface area contributed by atoms with Crippen molar-refractivity contribution >= 4 is 50.1 Å². The first-order chi connectivity index (χ1) is 11.2. The summed E-state index contributed by atoms with van der Waals surface area (Å²) in [6.07, 6.45) is -2.29. The molecule has 9 N–H and O–H groups in total. The standard InChI is InChI=1S/C6H8O7.2C2H4O2.ClH.H3O4P/c7-3(8)1-6(13,5(11)12)2-4(9)10;2*1-2(3)4;;1-5(2,3)4/h13H,1-2H2,(H,7,8)(H,9,10)(H,11,12);2*1H3,(H,3,4);1H;(H3,1,2,3,4). The number of hydrogen-bond acceptors (Lipinski definition) is 7. The van der Waals surface area contributed by atoms with Gasteiger partial charge in [0.15, 0.2) is 5.60 Å². The Morgan fingerprint density at radius 3 is 0.963 bits per heavy atom. The van der Waals surface area contributed by atoms with Crippen molar-refractivity contribution in [1.82, 2.24) is 0 Å². The molecule has 0 aromatic carbocycles. The van der Waals surface area contributed by atoms with Crippen molar-refractivity contribution in [3.8, 4) is 0 Å². The first-order valence-corrected chi connectivity index (χ1v) is 7.37.